The fourth-order valence-electron chi connectivity index (χ4n) is 3.03. The van der Waals surface area contributed by atoms with Gasteiger partial charge in [0.2, 0.25) is 0 Å². The SMILES string of the molecule is CN1C(=O)C(=Cc2nc3ccccc3c(=O)n2C)c2ccccc21. The fraction of sp³-hybridized carbons (Fsp3) is 0.105. The Morgan fingerprint density at radius 2 is 1.67 bits per heavy atom. The van der Waals surface area contributed by atoms with Gasteiger partial charge in [-0.05, 0) is 24.3 Å². The van der Waals surface area contributed by atoms with E-state index in [0.29, 0.717) is 22.3 Å². The molecule has 0 aliphatic carbocycles. The van der Waals surface area contributed by atoms with E-state index in [2.05, 4.69) is 4.98 Å². The van der Waals surface area contributed by atoms with E-state index in [0.717, 1.165) is 11.3 Å². The summed E-state index contributed by atoms with van der Waals surface area (Å²) in [5, 5.41) is 0.567. The summed E-state index contributed by atoms with van der Waals surface area (Å²) in [4.78, 5) is 31.2. The van der Waals surface area contributed by atoms with Gasteiger partial charge in [-0.1, -0.05) is 30.3 Å². The summed E-state index contributed by atoms with van der Waals surface area (Å²) < 4.78 is 1.48. The average Bonchev–Trinajstić information content (AvgIpc) is 2.85. The molecule has 2 aromatic carbocycles. The van der Waals surface area contributed by atoms with Crippen LogP contribution in [-0.2, 0) is 11.8 Å². The molecule has 0 bridgehead atoms. The van der Waals surface area contributed by atoms with E-state index in [1.165, 1.54) is 4.57 Å². The Kier molecular flexibility index (Phi) is 3.09. The van der Waals surface area contributed by atoms with Crippen LogP contribution in [0.15, 0.2) is 53.3 Å². The number of rotatable bonds is 1. The van der Waals surface area contributed by atoms with Crippen LogP contribution < -0.4 is 10.5 Å². The van der Waals surface area contributed by atoms with Crippen molar-refractivity contribution in [2.24, 2.45) is 7.05 Å². The molecule has 118 valence electrons. The Balaban J connectivity index is 1.97. The van der Waals surface area contributed by atoms with Crippen molar-refractivity contribution in [2.75, 3.05) is 11.9 Å². The van der Waals surface area contributed by atoms with Crippen LogP contribution in [0.25, 0.3) is 22.6 Å². The van der Waals surface area contributed by atoms with Crippen molar-refractivity contribution in [3.8, 4) is 0 Å². The van der Waals surface area contributed by atoms with Crippen molar-refractivity contribution in [1.29, 1.82) is 0 Å². The normalized spacial score (nSPS) is 15.3. The van der Waals surface area contributed by atoms with Gasteiger partial charge in [0.05, 0.1) is 22.2 Å². The summed E-state index contributed by atoms with van der Waals surface area (Å²) in [5.41, 5.74) is 2.76. The number of carbonyl (C=O) groups is 1. The molecule has 0 saturated carbocycles. The molecule has 5 heteroatoms. The predicted molar refractivity (Wildman–Crippen MR) is 94.7 cm³/mol. The Labute approximate surface area is 138 Å². The van der Waals surface area contributed by atoms with Gasteiger partial charge in [-0.3, -0.25) is 14.2 Å². The molecule has 1 aliphatic rings. The maximum atomic E-state index is 12.6. The minimum absolute atomic E-state index is 0.0985. The first-order valence-corrected chi connectivity index (χ1v) is 7.63. The Morgan fingerprint density at radius 1 is 0.958 bits per heavy atom. The van der Waals surface area contributed by atoms with Gasteiger partial charge in [-0.2, -0.15) is 0 Å². The number of fused-ring (bicyclic) bond motifs is 2. The van der Waals surface area contributed by atoms with E-state index in [1.807, 2.05) is 36.4 Å². The van der Waals surface area contributed by atoms with Crippen molar-refractivity contribution in [1.82, 2.24) is 9.55 Å². The van der Waals surface area contributed by atoms with Crippen LogP contribution in [0, 0.1) is 0 Å². The van der Waals surface area contributed by atoms with Gasteiger partial charge in [0.15, 0.2) is 0 Å². The standard InChI is InChI=1S/C19H15N3O2/c1-21-16-10-6-4-7-12(16)14(19(21)24)11-17-20-15-9-5-3-8-13(15)18(23)22(17)2/h3-11H,1-2H3. The van der Waals surface area contributed by atoms with E-state index >= 15 is 0 Å². The monoisotopic (exact) mass is 317 g/mol. The molecule has 4 rings (SSSR count). The lowest BCUT2D eigenvalue weighted by atomic mass is 10.1. The van der Waals surface area contributed by atoms with Crippen LogP contribution in [0.2, 0.25) is 0 Å². The van der Waals surface area contributed by atoms with Gasteiger partial charge in [-0.15, -0.1) is 0 Å². The zero-order valence-corrected chi connectivity index (χ0v) is 13.4. The minimum Gasteiger partial charge on any atom is -0.311 e. The molecule has 5 nitrogen and oxygen atoms in total. The average molecular weight is 317 g/mol. The smallest absolute Gasteiger partial charge is 0.261 e. The van der Waals surface area contributed by atoms with Gasteiger partial charge in [0, 0.05) is 19.7 Å². The molecule has 3 aromatic rings. The van der Waals surface area contributed by atoms with Crippen LogP contribution in [0.1, 0.15) is 11.4 Å². The highest BCUT2D eigenvalue weighted by Crippen LogP contribution is 2.36. The highest BCUT2D eigenvalue weighted by atomic mass is 16.2. The molecule has 1 amide bonds. The van der Waals surface area contributed by atoms with E-state index in [4.69, 9.17) is 0 Å². The zero-order valence-electron chi connectivity index (χ0n) is 13.4. The molecule has 1 aromatic heterocycles. The van der Waals surface area contributed by atoms with E-state index < -0.39 is 0 Å². The summed E-state index contributed by atoms with van der Waals surface area (Å²) in [5.74, 6) is 0.366. The number of carbonyl (C=O) groups excluding carboxylic acids is 1. The van der Waals surface area contributed by atoms with Crippen LogP contribution >= 0.6 is 0 Å². The number of anilines is 1. The molecule has 0 N–H and O–H groups in total. The number of aromatic nitrogens is 2. The van der Waals surface area contributed by atoms with Crippen LogP contribution in [-0.4, -0.2) is 22.5 Å². The molecule has 24 heavy (non-hydrogen) atoms. The highest BCUT2D eigenvalue weighted by Gasteiger charge is 2.29. The molecule has 1 aliphatic heterocycles. The van der Waals surface area contributed by atoms with Gasteiger partial charge in [0.25, 0.3) is 11.5 Å². The van der Waals surface area contributed by atoms with Crippen molar-refractivity contribution >= 4 is 34.1 Å². The number of para-hydroxylation sites is 2. The summed E-state index contributed by atoms with van der Waals surface area (Å²) in [7, 11) is 3.41. The fourth-order valence-corrected chi connectivity index (χ4v) is 3.03. The lowest BCUT2D eigenvalue weighted by Crippen LogP contribution is -2.22. The lowest BCUT2D eigenvalue weighted by Gasteiger charge is -2.08. The molecule has 2 heterocycles. The Hall–Kier alpha value is -3.21. The number of hydrogen-bond donors (Lipinski definition) is 0. The van der Waals surface area contributed by atoms with Gasteiger partial charge in [0.1, 0.15) is 5.82 Å². The maximum Gasteiger partial charge on any atom is 0.261 e. The second-order valence-electron chi connectivity index (χ2n) is 5.79. The number of likely N-dealkylation sites (N-methyl/N-ethyl adjacent to an activating group) is 1. The van der Waals surface area contributed by atoms with Crippen LogP contribution in [0.3, 0.4) is 0 Å². The molecule has 0 fully saturated rings. The summed E-state index contributed by atoms with van der Waals surface area (Å²) in [6, 6.07) is 14.8. The quantitative estimate of drug-likeness (QED) is 0.648. The molecule has 0 spiro atoms. The highest BCUT2D eigenvalue weighted by molar-refractivity contribution is 6.35. The molecular weight excluding hydrogens is 302 g/mol. The summed E-state index contributed by atoms with van der Waals surface area (Å²) in [6.45, 7) is 0. The molecule has 0 unspecified atom stereocenters. The second-order valence-corrected chi connectivity index (χ2v) is 5.79. The van der Waals surface area contributed by atoms with Crippen molar-refractivity contribution in [3.05, 3.63) is 70.3 Å². The predicted octanol–water partition coefficient (Wildman–Crippen LogP) is 2.45. The first kappa shape index (κ1) is 14.4. The van der Waals surface area contributed by atoms with E-state index in [9.17, 15) is 9.59 Å². The van der Waals surface area contributed by atoms with E-state index in [-0.39, 0.29) is 11.5 Å². The first-order chi connectivity index (χ1) is 11.6. The lowest BCUT2D eigenvalue weighted by molar-refractivity contribution is -0.112. The third kappa shape index (κ3) is 1.98. The van der Waals surface area contributed by atoms with Gasteiger partial charge in [-0.25, -0.2) is 4.98 Å². The van der Waals surface area contributed by atoms with Crippen molar-refractivity contribution < 1.29 is 4.79 Å². The van der Waals surface area contributed by atoms with Gasteiger partial charge < -0.3 is 4.90 Å². The van der Waals surface area contributed by atoms with E-state index in [1.54, 1.807) is 37.2 Å². The van der Waals surface area contributed by atoms with Crippen LogP contribution in [0.5, 0.6) is 0 Å². The number of hydrogen-bond acceptors (Lipinski definition) is 3. The number of nitrogens with zero attached hydrogens (tertiary/aromatic N) is 3. The third-order valence-corrected chi connectivity index (χ3v) is 4.38. The third-order valence-electron chi connectivity index (χ3n) is 4.38. The summed E-state index contributed by atoms with van der Waals surface area (Å²) in [6.07, 6.45) is 1.69. The topological polar surface area (TPSA) is 55.2 Å². The molecular formula is C19H15N3O2. The molecule has 0 atom stereocenters. The second kappa shape index (κ2) is 5.16. The van der Waals surface area contributed by atoms with Crippen molar-refractivity contribution in [2.45, 2.75) is 0 Å². The molecule has 0 saturated heterocycles. The molecule has 0 radical (unpaired) electrons. The largest absolute Gasteiger partial charge is 0.311 e. The Bertz CT molecular complexity index is 1080. The van der Waals surface area contributed by atoms with Crippen LogP contribution in [0.4, 0.5) is 5.69 Å². The minimum atomic E-state index is -0.125. The van der Waals surface area contributed by atoms with Crippen molar-refractivity contribution in [3.63, 3.8) is 0 Å². The first-order valence-electron chi connectivity index (χ1n) is 7.63. The number of amides is 1. The zero-order chi connectivity index (χ0) is 16.8. The maximum absolute atomic E-state index is 12.6. The summed E-state index contributed by atoms with van der Waals surface area (Å²) >= 11 is 0. The Morgan fingerprint density at radius 3 is 2.50 bits per heavy atom. The van der Waals surface area contributed by atoms with Gasteiger partial charge >= 0.3 is 0 Å². The number of benzene rings is 2.